The molecule has 1 aliphatic heterocycles. The summed E-state index contributed by atoms with van der Waals surface area (Å²) in [5, 5.41) is 3.95. The van der Waals surface area contributed by atoms with Crippen molar-refractivity contribution in [3.05, 3.63) is 22.2 Å². The largest absolute Gasteiger partial charge is 0.397 e. The molecule has 1 aromatic rings. The Bertz CT molecular complexity index is 491. The highest BCUT2D eigenvalue weighted by atomic mass is 35.5. The number of nitrogens with two attached hydrogens (primary N) is 1. The molecule has 0 radical (unpaired) electrons. The lowest BCUT2D eigenvalue weighted by atomic mass is 10.2. The molecule has 1 aliphatic rings. The fourth-order valence-corrected chi connectivity index (χ4v) is 2.33. The van der Waals surface area contributed by atoms with E-state index in [1.165, 1.54) is 0 Å². The zero-order valence-corrected chi connectivity index (χ0v) is 12.5. The number of hydrogen-bond donors (Lipinski definition) is 2. The standard InChI is InChI=1S/C13H17Cl2N3O2/c14-9-7-11(16)12(8-10(9)15)17-2-1-13(19)18-3-5-20-6-4-18/h7-8,17H,1-6,16H2. The molecule has 1 aromatic carbocycles. The second-order valence-corrected chi connectivity index (χ2v) is 5.34. The van der Waals surface area contributed by atoms with Gasteiger partial charge in [-0.25, -0.2) is 0 Å². The third-order valence-electron chi connectivity index (χ3n) is 3.11. The fourth-order valence-electron chi connectivity index (χ4n) is 1.99. The van der Waals surface area contributed by atoms with E-state index < -0.39 is 0 Å². The third kappa shape index (κ3) is 3.91. The zero-order valence-electron chi connectivity index (χ0n) is 11.0. The van der Waals surface area contributed by atoms with Crippen LogP contribution in [-0.2, 0) is 9.53 Å². The Morgan fingerprint density at radius 3 is 2.65 bits per heavy atom. The van der Waals surface area contributed by atoms with E-state index in [9.17, 15) is 4.79 Å². The van der Waals surface area contributed by atoms with Crippen LogP contribution in [0, 0.1) is 0 Å². The summed E-state index contributed by atoms with van der Waals surface area (Å²) >= 11 is 11.8. The summed E-state index contributed by atoms with van der Waals surface area (Å²) in [6.07, 6.45) is 0.402. The van der Waals surface area contributed by atoms with Crippen LogP contribution in [0.3, 0.4) is 0 Å². The first-order valence-corrected chi connectivity index (χ1v) is 7.17. The molecule has 2 rings (SSSR count). The molecule has 0 aromatic heterocycles. The predicted molar refractivity (Wildman–Crippen MR) is 81.4 cm³/mol. The summed E-state index contributed by atoms with van der Waals surface area (Å²) in [4.78, 5) is 13.8. The Labute approximate surface area is 128 Å². The number of nitrogen functional groups attached to an aromatic ring is 1. The highest BCUT2D eigenvalue weighted by molar-refractivity contribution is 6.42. The van der Waals surface area contributed by atoms with Crippen LogP contribution < -0.4 is 11.1 Å². The maximum Gasteiger partial charge on any atom is 0.224 e. The fraction of sp³-hybridized carbons (Fsp3) is 0.462. The monoisotopic (exact) mass is 317 g/mol. The third-order valence-corrected chi connectivity index (χ3v) is 3.83. The molecule has 1 amide bonds. The minimum absolute atomic E-state index is 0.111. The Morgan fingerprint density at radius 2 is 1.95 bits per heavy atom. The molecule has 3 N–H and O–H groups in total. The number of morpholine rings is 1. The molecule has 0 unspecified atom stereocenters. The van der Waals surface area contributed by atoms with Gasteiger partial charge in [0.05, 0.1) is 34.6 Å². The molecule has 1 heterocycles. The lowest BCUT2D eigenvalue weighted by molar-refractivity contribution is -0.134. The molecule has 1 saturated heterocycles. The smallest absolute Gasteiger partial charge is 0.224 e. The van der Waals surface area contributed by atoms with Gasteiger partial charge in [-0.15, -0.1) is 0 Å². The second kappa shape index (κ2) is 7.02. The van der Waals surface area contributed by atoms with Crippen molar-refractivity contribution in [2.24, 2.45) is 0 Å². The maximum atomic E-state index is 11.9. The van der Waals surface area contributed by atoms with Crippen LogP contribution in [0.4, 0.5) is 11.4 Å². The lowest BCUT2D eigenvalue weighted by Gasteiger charge is -2.27. The van der Waals surface area contributed by atoms with Crippen LogP contribution in [0.15, 0.2) is 12.1 Å². The van der Waals surface area contributed by atoms with Crippen molar-refractivity contribution >= 4 is 40.5 Å². The van der Waals surface area contributed by atoms with Crippen LogP contribution >= 0.6 is 23.2 Å². The first-order valence-electron chi connectivity index (χ1n) is 6.42. The molecule has 0 atom stereocenters. The average molecular weight is 318 g/mol. The normalized spacial score (nSPS) is 15.2. The van der Waals surface area contributed by atoms with Gasteiger partial charge in [0.1, 0.15) is 0 Å². The second-order valence-electron chi connectivity index (χ2n) is 4.52. The number of rotatable bonds is 4. The van der Waals surface area contributed by atoms with E-state index in [1.54, 1.807) is 12.1 Å². The average Bonchev–Trinajstić information content (AvgIpc) is 2.45. The SMILES string of the molecule is Nc1cc(Cl)c(Cl)cc1NCCC(=O)N1CCOCC1. The molecular weight excluding hydrogens is 301 g/mol. The number of hydrogen-bond acceptors (Lipinski definition) is 4. The number of ether oxygens (including phenoxy) is 1. The van der Waals surface area contributed by atoms with Crippen LogP contribution in [0.2, 0.25) is 10.0 Å². The summed E-state index contributed by atoms with van der Waals surface area (Å²) in [5.41, 5.74) is 7.03. The quantitative estimate of drug-likeness (QED) is 0.836. The van der Waals surface area contributed by atoms with Crippen molar-refractivity contribution in [3.63, 3.8) is 0 Å². The summed E-state index contributed by atoms with van der Waals surface area (Å²) in [6.45, 7) is 3.04. The van der Waals surface area contributed by atoms with E-state index in [0.717, 1.165) is 0 Å². The minimum Gasteiger partial charge on any atom is -0.397 e. The summed E-state index contributed by atoms with van der Waals surface area (Å²) in [7, 11) is 0. The molecule has 0 saturated carbocycles. The van der Waals surface area contributed by atoms with Gasteiger partial charge in [0, 0.05) is 26.1 Å². The molecular formula is C13H17Cl2N3O2. The van der Waals surface area contributed by atoms with Crippen LogP contribution in [0.1, 0.15) is 6.42 Å². The first kappa shape index (κ1) is 15.2. The number of nitrogens with one attached hydrogen (secondary N) is 1. The van der Waals surface area contributed by atoms with E-state index >= 15 is 0 Å². The zero-order chi connectivity index (χ0) is 14.5. The number of benzene rings is 1. The van der Waals surface area contributed by atoms with E-state index in [4.69, 9.17) is 33.7 Å². The Kier molecular flexibility index (Phi) is 5.34. The highest BCUT2D eigenvalue weighted by Gasteiger charge is 2.16. The molecule has 20 heavy (non-hydrogen) atoms. The maximum absolute atomic E-state index is 11.9. The molecule has 110 valence electrons. The van der Waals surface area contributed by atoms with Crippen molar-refractivity contribution < 1.29 is 9.53 Å². The molecule has 5 nitrogen and oxygen atoms in total. The summed E-state index contributed by atoms with van der Waals surface area (Å²) in [6, 6.07) is 3.26. The van der Waals surface area contributed by atoms with E-state index in [2.05, 4.69) is 5.32 Å². The number of halogens is 2. The molecule has 0 aliphatic carbocycles. The van der Waals surface area contributed by atoms with Crippen molar-refractivity contribution in [2.45, 2.75) is 6.42 Å². The van der Waals surface area contributed by atoms with Crippen molar-refractivity contribution in [3.8, 4) is 0 Å². The van der Waals surface area contributed by atoms with Crippen molar-refractivity contribution in [1.29, 1.82) is 0 Å². The number of carbonyl (C=O) groups excluding carboxylic acids is 1. The Balaban J connectivity index is 1.83. The van der Waals surface area contributed by atoms with Crippen LogP contribution in [-0.4, -0.2) is 43.7 Å². The van der Waals surface area contributed by atoms with Crippen LogP contribution in [0.25, 0.3) is 0 Å². The number of nitrogens with zero attached hydrogens (tertiary/aromatic N) is 1. The van der Waals surface area contributed by atoms with Gasteiger partial charge in [-0.2, -0.15) is 0 Å². The van der Waals surface area contributed by atoms with Gasteiger partial charge in [0.25, 0.3) is 0 Å². The Morgan fingerprint density at radius 1 is 1.30 bits per heavy atom. The molecule has 0 spiro atoms. The molecule has 7 heteroatoms. The van der Waals surface area contributed by atoms with E-state index in [-0.39, 0.29) is 5.91 Å². The van der Waals surface area contributed by atoms with Gasteiger partial charge in [-0.05, 0) is 12.1 Å². The van der Waals surface area contributed by atoms with Gasteiger partial charge >= 0.3 is 0 Å². The van der Waals surface area contributed by atoms with Gasteiger partial charge in [0.2, 0.25) is 5.91 Å². The Hall–Kier alpha value is -1.17. The predicted octanol–water partition coefficient (Wildman–Crippen LogP) is 2.24. The number of carbonyl (C=O) groups is 1. The topological polar surface area (TPSA) is 67.6 Å². The van der Waals surface area contributed by atoms with E-state index in [1.807, 2.05) is 4.90 Å². The first-order chi connectivity index (χ1) is 9.58. The van der Waals surface area contributed by atoms with Crippen molar-refractivity contribution in [2.75, 3.05) is 43.9 Å². The minimum atomic E-state index is 0.111. The highest BCUT2D eigenvalue weighted by Crippen LogP contribution is 2.30. The van der Waals surface area contributed by atoms with Gasteiger partial charge in [-0.3, -0.25) is 4.79 Å². The number of amides is 1. The molecule has 0 bridgehead atoms. The van der Waals surface area contributed by atoms with Gasteiger partial charge in [-0.1, -0.05) is 23.2 Å². The molecule has 1 fully saturated rings. The summed E-state index contributed by atoms with van der Waals surface area (Å²) in [5.74, 6) is 0.111. The number of anilines is 2. The lowest BCUT2D eigenvalue weighted by Crippen LogP contribution is -2.41. The van der Waals surface area contributed by atoms with Gasteiger partial charge < -0.3 is 20.7 Å². The van der Waals surface area contributed by atoms with Gasteiger partial charge in [0.15, 0.2) is 0 Å². The van der Waals surface area contributed by atoms with Crippen molar-refractivity contribution in [1.82, 2.24) is 4.90 Å². The summed E-state index contributed by atoms with van der Waals surface area (Å²) < 4.78 is 5.21. The van der Waals surface area contributed by atoms with Crippen LogP contribution in [0.5, 0.6) is 0 Å². The van der Waals surface area contributed by atoms with E-state index in [0.29, 0.717) is 60.7 Å².